The Morgan fingerprint density at radius 2 is 1.32 bits per heavy atom. The molecule has 8 nitrogen and oxygen atoms in total. The lowest BCUT2D eigenvalue weighted by Gasteiger charge is -2.10. The first-order valence-electron chi connectivity index (χ1n) is 18.7. The number of benzene rings is 6. The molecule has 4 heterocycles. The molecular weight excluding hydrogens is 693 g/mol. The first-order valence-corrected chi connectivity index (χ1v) is 18.7. The van der Waals surface area contributed by atoms with Crippen molar-refractivity contribution in [2.24, 2.45) is 0 Å². The van der Waals surface area contributed by atoms with Gasteiger partial charge in [0.15, 0.2) is 28.6 Å². The second kappa shape index (κ2) is 11.9. The van der Waals surface area contributed by atoms with Crippen LogP contribution in [0.1, 0.15) is 18.7 Å². The van der Waals surface area contributed by atoms with Crippen LogP contribution in [0.5, 0.6) is 0 Å². The smallest absolute Gasteiger partial charge is 0.307 e. The average Bonchev–Trinajstić information content (AvgIpc) is 3.59. The summed E-state index contributed by atoms with van der Waals surface area (Å²) in [5, 5.41) is 4.40. The highest BCUT2D eigenvalue weighted by molar-refractivity contribution is 6.11. The van der Waals surface area contributed by atoms with Crippen LogP contribution in [0.2, 0.25) is 0 Å². The molecule has 12 rings (SSSR count). The molecule has 6 aromatic carbocycles. The van der Waals surface area contributed by atoms with E-state index in [0.29, 0.717) is 35.0 Å². The van der Waals surface area contributed by atoms with E-state index in [1.807, 2.05) is 78.9 Å². The van der Waals surface area contributed by atoms with Crippen LogP contribution >= 0.6 is 0 Å². The lowest BCUT2D eigenvalue weighted by atomic mass is 10.0. The third-order valence-electron chi connectivity index (χ3n) is 10.6. The van der Waals surface area contributed by atoms with Crippen LogP contribution in [0.15, 0.2) is 154 Å². The number of para-hydroxylation sites is 3. The molecule has 0 radical (unpaired) electrons. The molecule has 8 heteroatoms. The number of hydrogen-bond acceptors (Lipinski definition) is 7. The molecule has 56 heavy (non-hydrogen) atoms. The molecule has 0 saturated carbocycles. The molecule has 0 atom stereocenters. The Bertz CT molecular complexity index is 3440. The second-order valence-corrected chi connectivity index (χ2v) is 14.1. The largest absolute Gasteiger partial charge is 0.436 e. The van der Waals surface area contributed by atoms with Crippen LogP contribution < -0.4 is 10.4 Å². The van der Waals surface area contributed by atoms with Gasteiger partial charge in [-0.2, -0.15) is 4.98 Å². The molecular formula is C48H28N6O2. The number of rotatable bonds is 6. The van der Waals surface area contributed by atoms with Gasteiger partial charge in [-0.3, -0.25) is 4.57 Å². The van der Waals surface area contributed by atoms with E-state index in [1.54, 1.807) is 0 Å². The minimum absolute atomic E-state index is 0.542. The summed E-state index contributed by atoms with van der Waals surface area (Å²) in [6.45, 7) is 0. The SMILES string of the molecule is C1=c2c(-c3cccc(-c4nc5ccc(-c6nc(C7=CCCC=C7)nc(-c7ccccc7)n6)cc5o4)c3)cc3c4ccccc4n(-c4nc5ccccc5o4)c3c2=1. The van der Waals surface area contributed by atoms with Crippen molar-refractivity contribution in [3.05, 3.63) is 162 Å². The van der Waals surface area contributed by atoms with E-state index in [-0.39, 0.29) is 0 Å². The molecule has 10 aromatic rings. The van der Waals surface area contributed by atoms with Crippen LogP contribution in [0, 0.1) is 0 Å². The first kappa shape index (κ1) is 30.8. The molecule has 0 bridgehead atoms. The minimum Gasteiger partial charge on any atom is -0.436 e. The van der Waals surface area contributed by atoms with Gasteiger partial charge in [0, 0.05) is 38.3 Å². The summed E-state index contributed by atoms with van der Waals surface area (Å²) in [5.41, 5.74) is 14.5. The van der Waals surface area contributed by atoms with Gasteiger partial charge in [0.05, 0.1) is 16.3 Å². The normalized spacial score (nSPS) is 13.2. The molecule has 4 aromatic heterocycles. The van der Waals surface area contributed by atoms with E-state index in [4.69, 9.17) is 33.8 Å². The maximum Gasteiger partial charge on any atom is 0.307 e. The zero-order valence-corrected chi connectivity index (χ0v) is 29.8. The summed E-state index contributed by atoms with van der Waals surface area (Å²) in [7, 11) is 0. The standard InChI is InChI=1S/C48H28N6O2/c1-3-12-28(13-4-1)44-51-45(29-14-5-2-6-15-29)53-46(52-44)31-22-23-39-42(25-31)55-47(49-39)32-17-11-16-30(24-32)34-26-36-33-18-7-9-20-40(33)54(43(36)37-27-35(34)37)48-50-38-19-8-10-21-41(38)56-48/h1,3-5,7-26H,2,6H2. The number of allylic oxidation sites excluding steroid dienone is 4. The van der Waals surface area contributed by atoms with Gasteiger partial charge in [-0.15, -0.1) is 0 Å². The van der Waals surface area contributed by atoms with Crippen LogP contribution in [-0.4, -0.2) is 29.5 Å². The Labute approximate surface area is 318 Å². The van der Waals surface area contributed by atoms with Crippen molar-refractivity contribution >= 4 is 55.3 Å². The first-order chi connectivity index (χ1) is 27.7. The van der Waals surface area contributed by atoms with Crippen molar-refractivity contribution in [1.29, 1.82) is 0 Å². The van der Waals surface area contributed by atoms with Crippen molar-refractivity contribution in [2.45, 2.75) is 12.8 Å². The van der Waals surface area contributed by atoms with E-state index in [2.05, 4.69) is 77.1 Å². The van der Waals surface area contributed by atoms with Crippen LogP contribution in [0.4, 0.5) is 0 Å². The molecule has 2 aliphatic rings. The molecule has 262 valence electrons. The Balaban J connectivity index is 0.934. The summed E-state index contributed by atoms with van der Waals surface area (Å²) in [4.78, 5) is 24.5. The van der Waals surface area contributed by atoms with Gasteiger partial charge < -0.3 is 8.83 Å². The summed E-state index contributed by atoms with van der Waals surface area (Å²) in [6, 6.07) is 43.4. The predicted octanol–water partition coefficient (Wildman–Crippen LogP) is 9.72. The molecule has 0 unspecified atom stereocenters. The fraction of sp³-hybridized carbons (Fsp3) is 0.0417. The quantitative estimate of drug-likeness (QED) is 0.169. The van der Waals surface area contributed by atoms with Gasteiger partial charge in [0.25, 0.3) is 0 Å². The monoisotopic (exact) mass is 720 g/mol. The molecule has 0 fully saturated rings. The maximum absolute atomic E-state index is 6.48. The molecule has 2 aliphatic carbocycles. The van der Waals surface area contributed by atoms with E-state index in [0.717, 1.165) is 95.1 Å². The van der Waals surface area contributed by atoms with Crippen molar-refractivity contribution < 1.29 is 8.83 Å². The molecule has 0 amide bonds. The summed E-state index contributed by atoms with van der Waals surface area (Å²) in [5.74, 6) is 2.41. The van der Waals surface area contributed by atoms with Crippen molar-refractivity contribution in [2.75, 3.05) is 0 Å². The Morgan fingerprint density at radius 1 is 0.536 bits per heavy atom. The number of fused-ring (bicyclic) bond motifs is 7. The Kier molecular flexibility index (Phi) is 6.55. The predicted molar refractivity (Wildman–Crippen MR) is 219 cm³/mol. The van der Waals surface area contributed by atoms with E-state index < -0.39 is 0 Å². The minimum atomic E-state index is 0.542. The van der Waals surface area contributed by atoms with Crippen molar-refractivity contribution in [1.82, 2.24) is 29.5 Å². The lowest BCUT2D eigenvalue weighted by Crippen LogP contribution is -2.14. The van der Waals surface area contributed by atoms with Gasteiger partial charge in [0.1, 0.15) is 11.0 Å². The third kappa shape index (κ3) is 4.90. The van der Waals surface area contributed by atoms with Gasteiger partial charge in [0.2, 0.25) is 5.89 Å². The van der Waals surface area contributed by atoms with E-state index >= 15 is 0 Å². The molecule has 0 spiro atoms. The summed E-state index contributed by atoms with van der Waals surface area (Å²) < 4.78 is 14.9. The average molecular weight is 721 g/mol. The van der Waals surface area contributed by atoms with E-state index in [9.17, 15) is 0 Å². The highest BCUT2D eigenvalue weighted by atomic mass is 16.4. The van der Waals surface area contributed by atoms with Crippen LogP contribution in [0.3, 0.4) is 0 Å². The number of nitrogens with zero attached hydrogens (tertiary/aromatic N) is 6. The van der Waals surface area contributed by atoms with Crippen LogP contribution in [0.25, 0.3) is 107 Å². The highest BCUT2D eigenvalue weighted by Crippen LogP contribution is 2.35. The lowest BCUT2D eigenvalue weighted by molar-refractivity contribution is 0.574. The zero-order valence-electron chi connectivity index (χ0n) is 29.8. The third-order valence-corrected chi connectivity index (χ3v) is 10.6. The van der Waals surface area contributed by atoms with Gasteiger partial charge in [-0.05, 0) is 78.6 Å². The topological polar surface area (TPSA) is 95.7 Å². The zero-order chi connectivity index (χ0) is 36.7. The van der Waals surface area contributed by atoms with Gasteiger partial charge >= 0.3 is 6.01 Å². The second-order valence-electron chi connectivity index (χ2n) is 14.1. The van der Waals surface area contributed by atoms with E-state index in [1.165, 1.54) is 0 Å². The summed E-state index contributed by atoms with van der Waals surface area (Å²) >= 11 is 0. The Morgan fingerprint density at radius 3 is 2.21 bits per heavy atom. The molecule has 0 saturated heterocycles. The Hall–Kier alpha value is -7.67. The number of aromatic nitrogens is 6. The fourth-order valence-corrected chi connectivity index (χ4v) is 7.87. The number of oxazole rings is 2. The van der Waals surface area contributed by atoms with Gasteiger partial charge in [-0.25, -0.2) is 19.9 Å². The molecule has 0 N–H and O–H groups in total. The molecule has 0 aliphatic heterocycles. The highest BCUT2D eigenvalue weighted by Gasteiger charge is 2.23. The number of hydrogen-bond donors (Lipinski definition) is 0. The van der Waals surface area contributed by atoms with Crippen molar-refractivity contribution in [3.63, 3.8) is 0 Å². The van der Waals surface area contributed by atoms with Gasteiger partial charge in [-0.1, -0.05) is 96.8 Å². The summed E-state index contributed by atoms with van der Waals surface area (Å²) in [6.07, 6.45) is 8.42. The van der Waals surface area contributed by atoms with Crippen LogP contribution in [-0.2, 0) is 0 Å². The fourth-order valence-electron chi connectivity index (χ4n) is 7.87. The maximum atomic E-state index is 6.48. The van der Waals surface area contributed by atoms with Crippen molar-refractivity contribution in [3.8, 4) is 51.4 Å².